The van der Waals surface area contributed by atoms with Gasteiger partial charge in [0.2, 0.25) is 0 Å². The molecule has 1 unspecified atom stereocenters. The van der Waals surface area contributed by atoms with Crippen LogP contribution >= 0.6 is 0 Å². The number of ketones is 1. The number of aryl methyl sites for hydroxylation is 2. The van der Waals surface area contributed by atoms with Crippen molar-refractivity contribution in [3.8, 4) is 0 Å². The molecule has 4 aromatic carbocycles. The Bertz CT molecular complexity index is 1470. The maximum absolute atomic E-state index is 13.8. The minimum Gasteiger partial charge on any atom is -0.375 e. The number of nitrogens with zero attached hydrogens (tertiary/aromatic N) is 1. The summed E-state index contributed by atoms with van der Waals surface area (Å²) in [6.45, 7) is 8.13. The zero-order valence-electron chi connectivity index (χ0n) is 20.6. The molecule has 0 radical (unpaired) electrons. The van der Waals surface area contributed by atoms with Crippen LogP contribution in [0.2, 0.25) is 0 Å². The van der Waals surface area contributed by atoms with E-state index < -0.39 is 11.5 Å². The molecule has 5 rings (SSSR count). The first-order chi connectivity index (χ1) is 16.7. The number of carbonyl (C=O) groups is 2. The number of anilines is 1. The molecule has 0 aliphatic carbocycles. The van der Waals surface area contributed by atoms with Gasteiger partial charge in [0.25, 0.3) is 5.91 Å². The van der Waals surface area contributed by atoms with Crippen LogP contribution in [0, 0.1) is 27.7 Å². The van der Waals surface area contributed by atoms with Gasteiger partial charge >= 0.3 is 0 Å². The lowest BCUT2D eigenvalue weighted by molar-refractivity contribution is -0.136. The molecule has 0 spiro atoms. The normalized spacial score (nSPS) is 17.2. The second-order valence-electron chi connectivity index (χ2n) is 9.64. The van der Waals surface area contributed by atoms with E-state index in [-0.39, 0.29) is 12.2 Å². The topological polar surface area (TPSA) is 57.6 Å². The Morgan fingerprint density at radius 3 is 2.23 bits per heavy atom. The zero-order valence-corrected chi connectivity index (χ0v) is 20.6. The largest absolute Gasteiger partial charge is 0.375 e. The van der Waals surface area contributed by atoms with Gasteiger partial charge in [-0.1, -0.05) is 66.7 Å². The molecule has 0 fully saturated rings. The zero-order chi connectivity index (χ0) is 24.9. The fourth-order valence-corrected chi connectivity index (χ4v) is 5.39. The van der Waals surface area contributed by atoms with Crippen LogP contribution in [0.15, 0.2) is 72.8 Å². The Kier molecular flexibility index (Phi) is 5.57. The van der Waals surface area contributed by atoms with E-state index in [1.807, 2.05) is 82.3 Å². The molecule has 0 saturated carbocycles. The van der Waals surface area contributed by atoms with Crippen LogP contribution in [0.5, 0.6) is 0 Å². The predicted molar refractivity (Wildman–Crippen MR) is 140 cm³/mol. The van der Waals surface area contributed by atoms with Crippen LogP contribution in [0.3, 0.4) is 0 Å². The highest BCUT2D eigenvalue weighted by atomic mass is 16.3. The fraction of sp³-hybridized carbons (Fsp3) is 0.226. The van der Waals surface area contributed by atoms with Gasteiger partial charge in [-0.15, -0.1) is 0 Å². The van der Waals surface area contributed by atoms with Gasteiger partial charge in [0.1, 0.15) is 0 Å². The number of fused-ring (bicyclic) bond motifs is 2. The van der Waals surface area contributed by atoms with Crippen molar-refractivity contribution in [1.29, 1.82) is 0 Å². The Morgan fingerprint density at radius 1 is 0.857 bits per heavy atom. The van der Waals surface area contributed by atoms with E-state index in [1.165, 1.54) is 0 Å². The highest BCUT2D eigenvalue weighted by molar-refractivity contribution is 6.11. The first kappa shape index (κ1) is 23.0. The average molecular weight is 464 g/mol. The molecule has 4 heteroatoms. The van der Waals surface area contributed by atoms with Crippen LogP contribution < -0.4 is 4.90 Å². The summed E-state index contributed by atoms with van der Waals surface area (Å²) >= 11 is 0. The molecule has 1 N–H and O–H groups in total. The van der Waals surface area contributed by atoms with Crippen LogP contribution in [-0.4, -0.2) is 16.8 Å². The molecule has 1 atom stereocenters. The average Bonchev–Trinajstić information content (AvgIpc) is 3.05. The van der Waals surface area contributed by atoms with Crippen molar-refractivity contribution in [1.82, 2.24) is 0 Å². The van der Waals surface area contributed by atoms with Gasteiger partial charge in [0.15, 0.2) is 11.4 Å². The van der Waals surface area contributed by atoms with E-state index in [0.29, 0.717) is 23.4 Å². The van der Waals surface area contributed by atoms with Crippen molar-refractivity contribution < 1.29 is 14.7 Å². The van der Waals surface area contributed by atoms with Gasteiger partial charge in [-0.2, -0.15) is 0 Å². The number of hydrogen-bond acceptors (Lipinski definition) is 3. The molecule has 0 saturated heterocycles. The van der Waals surface area contributed by atoms with Crippen molar-refractivity contribution in [2.45, 2.75) is 46.3 Å². The van der Waals surface area contributed by atoms with Crippen LogP contribution in [0.25, 0.3) is 10.8 Å². The van der Waals surface area contributed by atoms with E-state index >= 15 is 0 Å². The summed E-state index contributed by atoms with van der Waals surface area (Å²) in [5.41, 5.74) is 4.67. The first-order valence-corrected chi connectivity index (χ1v) is 11.9. The molecular formula is C31H29NO3. The third kappa shape index (κ3) is 3.65. The van der Waals surface area contributed by atoms with Gasteiger partial charge < -0.3 is 10.0 Å². The molecule has 4 nitrogen and oxygen atoms in total. The van der Waals surface area contributed by atoms with E-state index in [1.54, 1.807) is 17.0 Å². The molecule has 35 heavy (non-hydrogen) atoms. The second kappa shape index (κ2) is 8.47. The van der Waals surface area contributed by atoms with Crippen molar-refractivity contribution in [3.63, 3.8) is 0 Å². The fourth-order valence-electron chi connectivity index (χ4n) is 5.39. The van der Waals surface area contributed by atoms with Crippen LogP contribution in [0.4, 0.5) is 5.69 Å². The molecule has 1 heterocycles. The molecular weight excluding hydrogens is 434 g/mol. The molecule has 1 aliphatic rings. The number of rotatable bonds is 5. The van der Waals surface area contributed by atoms with Gasteiger partial charge in [0, 0.05) is 11.1 Å². The number of aliphatic hydroxyl groups is 1. The third-order valence-corrected chi connectivity index (χ3v) is 7.51. The highest BCUT2D eigenvalue weighted by Gasteiger charge is 2.51. The van der Waals surface area contributed by atoms with E-state index in [4.69, 9.17) is 0 Å². The lowest BCUT2D eigenvalue weighted by Crippen LogP contribution is -2.41. The number of hydrogen-bond donors (Lipinski definition) is 1. The number of para-hydroxylation sites is 1. The lowest BCUT2D eigenvalue weighted by Gasteiger charge is -2.24. The molecule has 176 valence electrons. The smallest absolute Gasteiger partial charge is 0.264 e. The van der Waals surface area contributed by atoms with E-state index in [9.17, 15) is 14.7 Å². The lowest BCUT2D eigenvalue weighted by atomic mass is 9.84. The molecule has 0 bridgehead atoms. The third-order valence-electron chi connectivity index (χ3n) is 7.51. The standard InChI is InChI=1S/C31H29NO3/c1-19-16-20(2)22(4)29(21(19)3)28(33)17-31(35)26-14-7-8-15-27(26)32(30(31)34)18-24-12-9-11-23-10-5-6-13-25(23)24/h5-16,35H,17-18H2,1-4H3. The van der Waals surface area contributed by atoms with Crippen molar-refractivity contribution >= 4 is 28.2 Å². The summed E-state index contributed by atoms with van der Waals surface area (Å²) in [5.74, 6) is -0.677. The number of benzene rings is 4. The quantitative estimate of drug-likeness (QED) is 0.365. The number of amides is 1. The van der Waals surface area contributed by atoms with E-state index in [0.717, 1.165) is 38.6 Å². The van der Waals surface area contributed by atoms with Gasteiger partial charge in [-0.25, -0.2) is 0 Å². The summed E-state index contributed by atoms with van der Waals surface area (Å²) in [6, 6.07) is 23.4. The summed E-state index contributed by atoms with van der Waals surface area (Å²) < 4.78 is 0. The minimum absolute atomic E-state index is 0.218. The number of Topliss-reactive ketones (excluding diaryl/α,β-unsaturated/α-hetero) is 1. The summed E-state index contributed by atoms with van der Waals surface area (Å²) in [4.78, 5) is 29.1. The first-order valence-electron chi connectivity index (χ1n) is 11.9. The Balaban J connectivity index is 1.55. The maximum Gasteiger partial charge on any atom is 0.264 e. The predicted octanol–water partition coefficient (Wildman–Crippen LogP) is 6.08. The summed E-state index contributed by atoms with van der Waals surface area (Å²) in [5, 5.41) is 14.0. The van der Waals surface area contributed by atoms with Crippen molar-refractivity contribution in [2.75, 3.05) is 4.90 Å². The van der Waals surface area contributed by atoms with Gasteiger partial charge in [-0.05, 0) is 72.4 Å². The summed E-state index contributed by atoms with van der Waals surface area (Å²) in [7, 11) is 0. The maximum atomic E-state index is 13.8. The second-order valence-corrected chi connectivity index (χ2v) is 9.64. The van der Waals surface area contributed by atoms with E-state index in [2.05, 4.69) is 6.07 Å². The Morgan fingerprint density at radius 2 is 1.49 bits per heavy atom. The molecule has 1 amide bonds. The summed E-state index contributed by atoms with van der Waals surface area (Å²) in [6.07, 6.45) is -0.292. The van der Waals surface area contributed by atoms with Crippen molar-refractivity contribution in [3.05, 3.63) is 112 Å². The van der Waals surface area contributed by atoms with Crippen LogP contribution in [0.1, 0.15) is 50.2 Å². The van der Waals surface area contributed by atoms with Crippen molar-refractivity contribution in [2.24, 2.45) is 0 Å². The SMILES string of the molecule is Cc1cc(C)c(C)c(C(=O)CC2(O)C(=O)N(Cc3cccc4ccccc34)c3ccccc32)c1C. The molecule has 0 aromatic heterocycles. The Hall–Kier alpha value is -3.76. The minimum atomic E-state index is -1.91. The molecule has 4 aromatic rings. The Labute approximate surface area is 205 Å². The number of carbonyl (C=O) groups excluding carboxylic acids is 2. The highest BCUT2D eigenvalue weighted by Crippen LogP contribution is 2.44. The van der Waals surface area contributed by atoms with Crippen LogP contribution in [-0.2, 0) is 16.9 Å². The molecule has 1 aliphatic heterocycles. The van der Waals surface area contributed by atoms with Gasteiger partial charge in [0.05, 0.1) is 18.7 Å². The van der Waals surface area contributed by atoms with Gasteiger partial charge in [-0.3, -0.25) is 9.59 Å². The monoisotopic (exact) mass is 463 g/mol.